The maximum absolute atomic E-state index is 13.6. The van der Waals surface area contributed by atoms with Gasteiger partial charge < -0.3 is 14.0 Å². The molecule has 3 aromatic rings. The third kappa shape index (κ3) is 4.30. The van der Waals surface area contributed by atoms with Gasteiger partial charge in [0, 0.05) is 6.08 Å². The highest BCUT2D eigenvalue weighted by atomic mass is 32.1. The van der Waals surface area contributed by atoms with Crippen molar-refractivity contribution in [2.75, 3.05) is 7.11 Å². The largest absolute Gasteiger partial charge is 0.494 e. The summed E-state index contributed by atoms with van der Waals surface area (Å²) < 4.78 is 28.4. The Labute approximate surface area is 146 Å². The van der Waals surface area contributed by atoms with Gasteiger partial charge >= 0.3 is 5.97 Å². The first-order valence-corrected chi connectivity index (χ1v) is 8.08. The van der Waals surface area contributed by atoms with Gasteiger partial charge in [-0.3, -0.25) is 0 Å². The lowest BCUT2D eigenvalue weighted by Gasteiger charge is -2.01. The Morgan fingerprint density at radius 1 is 1.40 bits per heavy atom. The highest BCUT2D eigenvalue weighted by Crippen LogP contribution is 2.21. The number of hydrogen-bond donors (Lipinski definition) is 0. The molecular weight excluding hydrogens is 347 g/mol. The first-order chi connectivity index (χ1) is 12.2. The van der Waals surface area contributed by atoms with Crippen LogP contribution < -0.4 is 4.74 Å². The molecule has 25 heavy (non-hydrogen) atoms. The van der Waals surface area contributed by atoms with E-state index < -0.39 is 11.8 Å². The molecule has 0 saturated carbocycles. The number of methoxy groups -OCH3 is 1. The quantitative estimate of drug-likeness (QED) is 0.493. The predicted octanol–water partition coefficient (Wildman–Crippen LogP) is 3.70. The number of thiophene rings is 1. The first kappa shape index (κ1) is 16.8. The second-order valence-corrected chi connectivity index (χ2v) is 5.77. The SMILES string of the molecule is COc1ccc(/C=C/C(=O)OCc2nc(-c3cccs3)no2)cc1F. The van der Waals surface area contributed by atoms with Gasteiger partial charge in [-0.25, -0.2) is 9.18 Å². The van der Waals surface area contributed by atoms with Crippen LogP contribution in [-0.2, 0) is 16.1 Å². The summed E-state index contributed by atoms with van der Waals surface area (Å²) in [7, 11) is 1.38. The Kier molecular flexibility index (Phi) is 5.20. The lowest BCUT2D eigenvalue weighted by molar-refractivity contribution is -0.139. The van der Waals surface area contributed by atoms with Crippen LogP contribution in [0.25, 0.3) is 16.8 Å². The fourth-order valence-electron chi connectivity index (χ4n) is 1.95. The van der Waals surface area contributed by atoms with Crippen molar-refractivity contribution in [1.82, 2.24) is 10.1 Å². The number of ether oxygens (including phenoxy) is 2. The van der Waals surface area contributed by atoms with Crippen molar-refractivity contribution in [2.45, 2.75) is 6.61 Å². The van der Waals surface area contributed by atoms with E-state index in [4.69, 9.17) is 14.0 Å². The standard InChI is InChI=1S/C17H13FN2O4S/c1-22-13-6-4-11(9-12(13)18)5-7-16(21)23-10-15-19-17(20-24-15)14-3-2-8-25-14/h2-9H,10H2,1H3/b7-5+. The van der Waals surface area contributed by atoms with Crippen molar-refractivity contribution in [3.8, 4) is 16.5 Å². The predicted molar refractivity (Wildman–Crippen MR) is 89.4 cm³/mol. The molecule has 0 amide bonds. The van der Waals surface area contributed by atoms with Gasteiger partial charge in [-0.1, -0.05) is 17.3 Å². The van der Waals surface area contributed by atoms with E-state index in [1.807, 2.05) is 17.5 Å². The number of rotatable bonds is 6. The van der Waals surface area contributed by atoms with Crippen LogP contribution in [0.5, 0.6) is 5.75 Å². The molecule has 0 aliphatic heterocycles. The van der Waals surface area contributed by atoms with Gasteiger partial charge in [0.25, 0.3) is 5.89 Å². The van der Waals surface area contributed by atoms with Gasteiger partial charge in [0.15, 0.2) is 18.2 Å². The number of hydrogen-bond acceptors (Lipinski definition) is 7. The van der Waals surface area contributed by atoms with E-state index in [1.54, 1.807) is 6.07 Å². The Morgan fingerprint density at radius 3 is 3.00 bits per heavy atom. The summed E-state index contributed by atoms with van der Waals surface area (Å²) in [5.74, 6) is -0.333. The van der Waals surface area contributed by atoms with Crippen molar-refractivity contribution in [3.05, 3.63) is 59.1 Å². The monoisotopic (exact) mass is 360 g/mol. The van der Waals surface area contributed by atoms with Gasteiger partial charge in [-0.2, -0.15) is 4.98 Å². The average molecular weight is 360 g/mol. The molecule has 0 atom stereocenters. The van der Waals surface area contributed by atoms with E-state index in [-0.39, 0.29) is 18.2 Å². The molecular formula is C17H13FN2O4S. The van der Waals surface area contributed by atoms with Crippen LogP contribution in [-0.4, -0.2) is 23.2 Å². The average Bonchev–Trinajstić information content (AvgIpc) is 3.29. The van der Waals surface area contributed by atoms with Crippen LogP contribution in [0, 0.1) is 5.82 Å². The van der Waals surface area contributed by atoms with E-state index in [2.05, 4.69) is 10.1 Å². The molecule has 128 valence electrons. The topological polar surface area (TPSA) is 74.5 Å². The summed E-state index contributed by atoms with van der Waals surface area (Å²) in [4.78, 5) is 16.7. The molecule has 2 aromatic heterocycles. The van der Waals surface area contributed by atoms with E-state index in [9.17, 15) is 9.18 Å². The third-order valence-electron chi connectivity index (χ3n) is 3.14. The molecule has 0 N–H and O–H groups in total. The number of halogens is 1. The van der Waals surface area contributed by atoms with E-state index in [0.717, 1.165) is 4.88 Å². The van der Waals surface area contributed by atoms with E-state index in [1.165, 1.54) is 42.7 Å². The molecule has 0 fully saturated rings. The van der Waals surface area contributed by atoms with Gasteiger partial charge in [-0.05, 0) is 35.2 Å². The van der Waals surface area contributed by atoms with Crippen molar-refractivity contribution < 1.29 is 23.2 Å². The second-order valence-electron chi connectivity index (χ2n) is 4.82. The van der Waals surface area contributed by atoms with Crippen LogP contribution in [0.1, 0.15) is 11.5 Å². The smallest absolute Gasteiger partial charge is 0.331 e. The molecule has 8 heteroatoms. The minimum atomic E-state index is -0.605. The van der Waals surface area contributed by atoms with E-state index >= 15 is 0 Å². The van der Waals surface area contributed by atoms with Crippen molar-refractivity contribution >= 4 is 23.4 Å². The van der Waals surface area contributed by atoms with E-state index in [0.29, 0.717) is 11.4 Å². The van der Waals surface area contributed by atoms with Gasteiger partial charge in [0.05, 0.1) is 12.0 Å². The van der Waals surface area contributed by atoms with Gasteiger partial charge in [-0.15, -0.1) is 11.3 Å². The molecule has 0 unspecified atom stereocenters. The Hall–Kier alpha value is -3.00. The highest BCUT2D eigenvalue weighted by Gasteiger charge is 2.10. The van der Waals surface area contributed by atoms with Crippen molar-refractivity contribution in [3.63, 3.8) is 0 Å². The van der Waals surface area contributed by atoms with Gasteiger partial charge in [0.1, 0.15) is 0 Å². The Balaban J connectivity index is 1.55. The summed E-state index contributed by atoms with van der Waals surface area (Å²) in [6.45, 7) is -0.140. The molecule has 0 bridgehead atoms. The molecule has 0 saturated heterocycles. The normalized spacial score (nSPS) is 11.0. The third-order valence-corrected chi connectivity index (χ3v) is 4.00. The molecule has 0 aliphatic carbocycles. The maximum Gasteiger partial charge on any atom is 0.331 e. The molecule has 3 rings (SSSR count). The van der Waals surface area contributed by atoms with Crippen molar-refractivity contribution in [2.24, 2.45) is 0 Å². The minimum Gasteiger partial charge on any atom is -0.494 e. The summed E-state index contributed by atoms with van der Waals surface area (Å²) in [5.41, 5.74) is 0.507. The molecule has 0 radical (unpaired) electrons. The Bertz CT molecular complexity index is 890. The van der Waals surface area contributed by atoms with Crippen LogP contribution in [0.3, 0.4) is 0 Å². The van der Waals surface area contributed by atoms with Gasteiger partial charge in [0.2, 0.25) is 5.82 Å². The summed E-state index contributed by atoms with van der Waals surface area (Å²) >= 11 is 1.48. The number of carbonyl (C=O) groups excluding carboxylic acids is 1. The first-order valence-electron chi connectivity index (χ1n) is 7.20. The zero-order valence-electron chi connectivity index (χ0n) is 13.1. The summed E-state index contributed by atoms with van der Waals surface area (Å²) in [5, 5.41) is 5.72. The lowest BCUT2D eigenvalue weighted by atomic mass is 10.2. The number of esters is 1. The molecule has 2 heterocycles. The number of benzene rings is 1. The number of aromatic nitrogens is 2. The zero-order chi connectivity index (χ0) is 17.6. The highest BCUT2D eigenvalue weighted by molar-refractivity contribution is 7.13. The number of carbonyl (C=O) groups is 1. The van der Waals surface area contributed by atoms with Crippen LogP contribution in [0.2, 0.25) is 0 Å². The zero-order valence-corrected chi connectivity index (χ0v) is 14.0. The van der Waals surface area contributed by atoms with Crippen LogP contribution >= 0.6 is 11.3 Å². The molecule has 0 aliphatic rings. The lowest BCUT2D eigenvalue weighted by Crippen LogP contribution is -2.01. The summed E-state index contributed by atoms with van der Waals surface area (Å²) in [6, 6.07) is 8.10. The molecule has 6 nitrogen and oxygen atoms in total. The van der Waals surface area contributed by atoms with Crippen molar-refractivity contribution in [1.29, 1.82) is 0 Å². The molecule has 0 spiro atoms. The maximum atomic E-state index is 13.6. The fourth-order valence-corrected chi connectivity index (χ4v) is 2.60. The fraction of sp³-hybridized carbons (Fsp3) is 0.118. The second kappa shape index (κ2) is 7.71. The molecule has 1 aromatic carbocycles. The minimum absolute atomic E-state index is 0.137. The Morgan fingerprint density at radius 2 is 2.28 bits per heavy atom. The van der Waals surface area contributed by atoms with Crippen LogP contribution in [0.4, 0.5) is 4.39 Å². The summed E-state index contributed by atoms with van der Waals surface area (Å²) in [6.07, 6.45) is 2.63. The number of nitrogens with zero attached hydrogens (tertiary/aromatic N) is 2. The van der Waals surface area contributed by atoms with Crippen LogP contribution in [0.15, 0.2) is 46.3 Å².